The molecule has 3 N–H and O–H groups in total. The second kappa shape index (κ2) is 10.3. The number of aliphatic carboxylic acids is 1. The minimum atomic E-state index is -1.23. The zero-order chi connectivity index (χ0) is 20.0. The summed E-state index contributed by atoms with van der Waals surface area (Å²) in [5, 5.41) is 28.9. The molecule has 0 aromatic carbocycles. The van der Waals surface area contributed by atoms with E-state index in [-0.39, 0.29) is 19.6 Å². The molecule has 2 rings (SSSR count). The molecule has 0 aromatic rings. The van der Waals surface area contributed by atoms with E-state index in [0.29, 0.717) is 12.3 Å². The lowest BCUT2D eigenvalue weighted by molar-refractivity contribution is -0.301. The maximum atomic E-state index is 12.1. The summed E-state index contributed by atoms with van der Waals surface area (Å²) in [5.41, 5.74) is 0. The Morgan fingerprint density at radius 3 is 2.41 bits per heavy atom. The Hall–Kier alpha value is -1.26. The van der Waals surface area contributed by atoms with E-state index in [1.165, 1.54) is 0 Å². The highest BCUT2D eigenvalue weighted by molar-refractivity contribution is 5.70. The lowest BCUT2D eigenvalue weighted by Crippen LogP contribution is -2.60. The first kappa shape index (κ1) is 22.0. The van der Waals surface area contributed by atoms with Gasteiger partial charge in [-0.3, -0.25) is 9.59 Å². The van der Waals surface area contributed by atoms with Crippen molar-refractivity contribution in [3.05, 3.63) is 0 Å². The van der Waals surface area contributed by atoms with Crippen LogP contribution in [-0.2, 0) is 28.5 Å². The summed E-state index contributed by atoms with van der Waals surface area (Å²) in [6, 6.07) is 0. The first-order valence-electron chi connectivity index (χ1n) is 9.43. The van der Waals surface area contributed by atoms with Gasteiger partial charge in [-0.05, 0) is 12.3 Å². The minimum absolute atomic E-state index is 0.151. The van der Waals surface area contributed by atoms with E-state index in [1.807, 2.05) is 0 Å². The molecule has 0 aliphatic carbocycles. The van der Waals surface area contributed by atoms with Gasteiger partial charge in [0.1, 0.15) is 30.3 Å². The van der Waals surface area contributed by atoms with Gasteiger partial charge in [-0.25, -0.2) is 0 Å². The summed E-state index contributed by atoms with van der Waals surface area (Å²) in [4.78, 5) is 23.3. The third kappa shape index (κ3) is 6.11. The average Bonchev–Trinajstić information content (AvgIpc) is 2.84. The van der Waals surface area contributed by atoms with Crippen molar-refractivity contribution in [2.45, 2.75) is 70.2 Å². The van der Waals surface area contributed by atoms with Gasteiger partial charge >= 0.3 is 11.9 Å². The number of aliphatic hydroxyl groups excluding tert-OH is 2. The van der Waals surface area contributed by atoms with Crippen molar-refractivity contribution in [3.8, 4) is 0 Å². The first-order valence-corrected chi connectivity index (χ1v) is 9.43. The number of carbonyl (C=O) groups excluding carboxylic acids is 1. The second-order valence-corrected chi connectivity index (χ2v) is 7.48. The fourth-order valence-corrected chi connectivity index (χ4v) is 3.16. The molecule has 2 heterocycles. The molecule has 0 amide bonds. The van der Waals surface area contributed by atoms with Crippen molar-refractivity contribution < 1.29 is 43.9 Å². The van der Waals surface area contributed by atoms with Crippen molar-refractivity contribution in [2.75, 3.05) is 19.8 Å². The summed E-state index contributed by atoms with van der Waals surface area (Å²) in [5.74, 6) is -1.89. The molecule has 9 heteroatoms. The molecule has 0 unspecified atom stereocenters. The van der Waals surface area contributed by atoms with Gasteiger partial charge in [-0.2, -0.15) is 0 Å². The van der Waals surface area contributed by atoms with Crippen LogP contribution in [0.5, 0.6) is 0 Å². The number of rotatable bonds is 8. The largest absolute Gasteiger partial charge is 0.481 e. The molecular weight excluding hydrogens is 360 g/mol. The zero-order valence-corrected chi connectivity index (χ0v) is 15.8. The molecule has 2 aliphatic rings. The molecule has 0 aromatic heterocycles. The van der Waals surface area contributed by atoms with Gasteiger partial charge in [0.15, 0.2) is 0 Å². The molecule has 0 saturated carbocycles. The molecule has 0 radical (unpaired) electrons. The zero-order valence-electron chi connectivity index (χ0n) is 15.8. The molecule has 2 fully saturated rings. The second-order valence-electron chi connectivity index (χ2n) is 7.48. The predicted molar refractivity (Wildman–Crippen MR) is 91.8 cm³/mol. The van der Waals surface area contributed by atoms with E-state index < -0.39 is 55.2 Å². The highest BCUT2D eigenvalue weighted by Crippen LogP contribution is 2.30. The summed E-state index contributed by atoms with van der Waals surface area (Å²) in [6.07, 6.45) is -2.53. The number of ether oxygens (including phenoxy) is 4. The first-order chi connectivity index (χ1) is 12.8. The van der Waals surface area contributed by atoms with E-state index in [4.69, 9.17) is 24.1 Å². The third-order valence-electron chi connectivity index (χ3n) is 4.79. The molecule has 2 aliphatic heterocycles. The SMILES string of the molecule is CC(C)CCCCC(=O)O[C@@H]1O[C@H](CO)[C@H](O)[C@@H]2OC[C@H](C(=O)O)CO[C@H]12. The van der Waals surface area contributed by atoms with Gasteiger partial charge < -0.3 is 34.3 Å². The van der Waals surface area contributed by atoms with Crippen LogP contribution in [0.2, 0.25) is 0 Å². The van der Waals surface area contributed by atoms with Crippen LogP contribution >= 0.6 is 0 Å². The number of fused-ring (bicyclic) bond motifs is 1. The smallest absolute Gasteiger partial charge is 0.311 e. The van der Waals surface area contributed by atoms with Crippen molar-refractivity contribution >= 4 is 11.9 Å². The number of aliphatic hydroxyl groups is 2. The van der Waals surface area contributed by atoms with Gasteiger partial charge in [0.25, 0.3) is 0 Å². The van der Waals surface area contributed by atoms with Crippen LogP contribution in [-0.4, -0.2) is 77.8 Å². The van der Waals surface area contributed by atoms with E-state index in [0.717, 1.165) is 12.8 Å². The molecule has 27 heavy (non-hydrogen) atoms. The van der Waals surface area contributed by atoms with Gasteiger partial charge in [-0.1, -0.05) is 26.7 Å². The highest BCUT2D eigenvalue weighted by Gasteiger charge is 2.50. The van der Waals surface area contributed by atoms with Crippen molar-refractivity contribution in [3.63, 3.8) is 0 Å². The quantitative estimate of drug-likeness (QED) is 0.396. The maximum Gasteiger partial charge on any atom is 0.311 e. The summed E-state index contributed by atoms with van der Waals surface area (Å²) >= 11 is 0. The van der Waals surface area contributed by atoms with Crippen LogP contribution in [0, 0.1) is 11.8 Å². The van der Waals surface area contributed by atoms with E-state index in [2.05, 4.69) is 13.8 Å². The number of esters is 1. The van der Waals surface area contributed by atoms with Gasteiger partial charge in [0.2, 0.25) is 6.29 Å². The Balaban J connectivity index is 1.98. The predicted octanol–water partition coefficient (Wildman–Crippen LogP) is 0.309. The normalized spacial score (nSPS) is 34.0. The number of hydrogen-bond acceptors (Lipinski definition) is 8. The monoisotopic (exact) mass is 390 g/mol. The summed E-state index contributed by atoms with van der Waals surface area (Å²) in [6.45, 7) is 3.42. The number of carboxylic acid groups (broad SMARTS) is 1. The molecule has 6 atom stereocenters. The van der Waals surface area contributed by atoms with Crippen LogP contribution in [0.3, 0.4) is 0 Å². The number of carbonyl (C=O) groups is 2. The number of carboxylic acids is 1. The minimum Gasteiger partial charge on any atom is -0.481 e. The molecular formula is C18H30O9. The fourth-order valence-electron chi connectivity index (χ4n) is 3.16. The average molecular weight is 390 g/mol. The van der Waals surface area contributed by atoms with Crippen LogP contribution in [0.1, 0.15) is 39.5 Å². The van der Waals surface area contributed by atoms with Crippen LogP contribution in [0.4, 0.5) is 0 Å². The maximum absolute atomic E-state index is 12.1. The van der Waals surface area contributed by atoms with Gasteiger partial charge in [0, 0.05) is 6.42 Å². The Labute approximate surface area is 158 Å². The number of hydrogen-bond donors (Lipinski definition) is 3. The van der Waals surface area contributed by atoms with Crippen LogP contribution < -0.4 is 0 Å². The Kier molecular flexibility index (Phi) is 8.43. The lowest BCUT2D eigenvalue weighted by Gasteiger charge is -2.42. The summed E-state index contributed by atoms with van der Waals surface area (Å²) in [7, 11) is 0. The Morgan fingerprint density at radius 2 is 1.81 bits per heavy atom. The standard InChI is InChI=1S/C18H30O9/c1-10(2)5-3-4-6-13(20)27-18-16-15(14(21)12(7-19)26-18)24-8-11(9-25-16)17(22)23/h10-12,14-16,18-19,21H,3-9H2,1-2H3,(H,22,23)/t11-,12+,14-,15-,16-,18-/m0/s1. The van der Waals surface area contributed by atoms with E-state index in [9.17, 15) is 19.8 Å². The Morgan fingerprint density at radius 1 is 1.15 bits per heavy atom. The molecule has 2 saturated heterocycles. The highest BCUT2D eigenvalue weighted by atomic mass is 16.7. The van der Waals surface area contributed by atoms with Crippen LogP contribution in [0.15, 0.2) is 0 Å². The molecule has 9 nitrogen and oxygen atoms in total. The van der Waals surface area contributed by atoms with Crippen molar-refractivity contribution in [1.29, 1.82) is 0 Å². The lowest BCUT2D eigenvalue weighted by atomic mass is 9.99. The van der Waals surface area contributed by atoms with E-state index >= 15 is 0 Å². The van der Waals surface area contributed by atoms with Crippen LogP contribution in [0.25, 0.3) is 0 Å². The summed E-state index contributed by atoms with van der Waals surface area (Å²) < 4.78 is 21.9. The topological polar surface area (TPSA) is 132 Å². The molecule has 0 spiro atoms. The molecule has 0 bridgehead atoms. The van der Waals surface area contributed by atoms with Gasteiger partial charge in [-0.15, -0.1) is 0 Å². The van der Waals surface area contributed by atoms with Crippen molar-refractivity contribution in [1.82, 2.24) is 0 Å². The van der Waals surface area contributed by atoms with Gasteiger partial charge in [0.05, 0.1) is 19.8 Å². The third-order valence-corrected chi connectivity index (χ3v) is 4.79. The fraction of sp³-hybridized carbons (Fsp3) is 0.889. The number of unbranched alkanes of at least 4 members (excludes halogenated alkanes) is 1. The Bertz CT molecular complexity index is 495. The van der Waals surface area contributed by atoms with Crippen molar-refractivity contribution in [2.24, 2.45) is 11.8 Å². The van der Waals surface area contributed by atoms with E-state index in [1.54, 1.807) is 0 Å². The molecule has 156 valence electrons.